The smallest absolute Gasteiger partial charge is 0.302 e. The highest BCUT2D eigenvalue weighted by atomic mass is 35.5. The number of thioether (sulfide) groups is 1. The third kappa shape index (κ3) is 4.86. The topological polar surface area (TPSA) is 43.4 Å². The second kappa shape index (κ2) is 6.30. The van der Waals surface area contributed by atoms with Crippen molar-refractivity contribution in [1.29, 1.82) is 0 Å². The molecule has 3 nitrogen and oxygen atoms in total. The quantitative estimate of drug-likeness (QED) is 0.526. The molecule has 0 spiro atoms. The molecule has 0 amide bonds. The van der Waals surface area contributed by atoms with Gasteiger partial charge in [-0.25, -0.2) is 0 Å². The molecule has 14 heavy (non-hydrogen) atoms. The minimum atomic E-state index is -0.940. The van der Waals surface area contributed by atoms with E-state index in [0.717, 1.165) is 5.75 Å². The van der Waals surface area contributed by atoms with Crippen LogP contribution in [-0.2, 0) is 14.3 Å². The number of ketones is 1. The van der Waals surface area contributed by atoms with Crippen molar-refractivity contribution < 1.29 is 14.3 Å². The lowest BCUT2D eigenvalue weighted by Crippen LogP contribution is -2.28. The first kappa shape index (κ1) is 13.8. The fraction of sp³-hybridized carbons (Fsp3) is 0.778. The Balaban J connectivity index is 4.09. The molecule has 0 N–H and O–H groups in total. The Kier molecular flexibility index (Phi) is 6.20. The van der Waals surface area contributed by atoms with E-state index in [2.05, 4.69) is 0 Å². The van der Waals surface area contributed by atoms with Gasteiger partial charge in [0.2, 0.25) is 0 Å². The highest BCUT2D eigenvalue weighted by Gasteiger charge is 2.32. The zero-order valence-electron chi connectivity index (χ0n) is 8.63. The zero-order chi connectivity index (χ0) is 11.2. The summed E-state index contributed by atoms with van der Waals surface area (Å²) >= 11 is 7.44. The minimum Gasteiger partial charge on any atom is -0.466 e. The first-order valence-corrected chi connectivity index (χ1v) is 5.76. The van der Waals surface area contributed by atoms with Crippen molar-refractivity contribution in [2.24, 2.45) is 0 Å². The molecule has 0 heterocycles. The van der Waals surface area contributed by atoms with Gasteiger partial charge in [-0.1, -0.05) is 18.5 Å². The van der Waals surface area contributed by atoms with Crippen molar-refractivity contribution in [3.8, 4) is 0 Å². The predicted molar refractivity (Wildman–Crippen MR) is 58.6 cm³/mol. The Morgan fingerprint density at radius 1 is 1.43 bits per heavy atom. The van der Waals surface area contributed by atoms with E-state index in [1.165, 1.54) is 25.6 Å². The van der Waals surface area contributed by atoms with Crippen LogP contribution in [0.3, 0.4) is 0 Å². The Hall–Kier alpha value is -0.220. The molecule has 1 atom stereocenters. The molecule has 0 bridgehead atoms. The lowest BCUT2D eigenvalue weighted by Gasteiger charge is -2.22. The van der Waals surface area contributed by atoms with Crippen molar-refractivity contribution in [2.45, 2.75) is 31.4 Å². The number of ether oxygens (including phenoxy) is 1. The highest BCUT2D eigenvalue weighted by Crippen LogP contribution is 2.34. The van der Waals surface area contributed by atoms with E-state index in [0.29, 0.717) is 6.42 Å². The lowest BCUT2D eigenvalue weighted by molar-refractivity contribution is -0.141. The van der Waals surface area contributed by atoms with Gasteiger partial charge in [0.1, 0.15) is 0 Å². The summed E-state index contributed by atoms with van der Waals surface area (Å²) in [5.41, 5.74) is 0. The molecule has 0 rings (SSSR count). The second-order valence-electron chi connectivity index (χ2n) is 2.81. The van der Waals surface area contributed by atoms with Crippen LogP contribution in [0.2, 0.25) is 0 Å². The average Bonchev–Trinajstić information content (AvgIpc) is 2.03. The number of Topliss-reactive ketones (excluding diaryl/α,β-unsaturated/α-hetero) is 1. The fourth-order valence-corrected chi connectivity index (χ4v) is 2.20. The summed E-state index contributed by atoms with van der Waals surface area (Å²) in [4.78, 5) is 21.7. The van der Waals surface area contributed by atoms with Gasteiger partial charge < -0.3 is 4.74 Å². The lowest BCUT2D eigenvalue weighted by atomic mass is 10.2. The van der Waals surface area contributed by atoms with Gasteiger partial charge in [-0.05, 0) is 12.7 Å². The number of alkyl halides is 1. The number of rotatable bonds is 6. The van der Waals surface area contributed by atoms with E-state index in [-0.39, 0.29) is 18.4 Å². The fourth-order valence-electron chi connectivity index (χ4n) is 0.905. The molecule has 0 radical (unpaired) electrons. The van der Waals surface area contributed by atoms with Crippen molar-refractivity contribution >= 4 is 35.1 Å². The van der Waals surface area contributed by atoms with Gasteiger partial charge in [0.05, 0.1) is 6.61 Å². The minimum absolute atomic E-state index is 0.0989. The maximum Gasteiger partial charge on any atom is 0.302 e. The van der Waals surface area contributed by atoms with Gasteiger partial charge in [-0.3, -0.25) is 9.59 Å². The third-order valence-electron chi connectivity index (χ3n) is 1.63. The van der Waals surface area contributed by atoms with Crippen molar-refractivity contribution in [2.75, 3.05) is 12.4 Å². The number of carbonyl (C=O) groups is 2. The molecule has 0 aliphatic heterocycles. The van der Waals surface area contributed by atoms with Crippen LogP contribution in [0.5, 0.6) is 0 Å². The summed E-state index contributed by atoms with van der Waals surface area (Å²) in [6.45, 7) is 4.89. The number of hydrogen-bond acceptors (Lipinski definition) is 4. The maximum absolute atomic E-state index is 11.2. The monoisotopic (exact) mass is 238 g/mol. The third-order valence-corrected chi connectivity index (χ3v) is 3.65. The molecule has 0 aromatic rings. The van der Waals surface area contributed by atoms with Crippen molar-refractivity contribution in [3.63, 3.8) is 0 Å². The van der Waals surface area contributed by atoms with E-state index in [4.69, 9.17) is 16.3 Å². The number of halogens is 1. The van der Waals surface area contributed by atoms with Gasteiger partial charge >= 0.3 is 5.97 Å². The first-order chi connectivity index (χ1) is 6.42. The summed E-state index contributed by atoms with van der Waals surface area (Å²) in [7, 11) is 0. The molecule has 0 aromatic carbocycles. The van der Waals surface area contributed by atoms with Gasteiger partial charge in [0.15, 0.2) is 9.99 Å². The molecular weight excluding hydrogens is 224 g/mol. The van der Waals surface area contributed by atoms with Crippen LogP contribution in [0.1, 0.15) is 27.2 Å². The van der Waals surface area contributed by atoms with E-state index in [1.54, 1.807) is 0 Å². The normalized spacial score (nSPS) is 14.6. The highest BCUT2D eigenvalue weighted by molar-refractivity contribution is 8.02. The second-order valence-corrected chi connectivity index (χ2v) is 5.24. The van der Waals surface area contributed by atoms with Crippen molar-refractivity contribution in [1.82, 2.24) is 0 Å². The van der Waals surface area contributed by atoms with Gasteiger partial charge in [0, 0.05) is 13.3 Å². The van der Waals surface area contributed by atoms with E-state index < -0.39 is 4.21 Å². The molecular formula is C9H15ClO3S. The van der Waals surface area contributed by atoms with Gasteiger partial charge in [0.25, 0.3) is 0 Å². The predicted octanol–water partition coefficient (Wildman–Crippen LogP) is 2.22. The molecule has 0 fully saturated rings. The Morgan fingerprint density at radius 2 is 2.00 bits per heavy atom. The molecule has 5 heteroatoms. The van der Waals surface area contributed by atoms with Crippen LogP contribution in [0.4, 0.5) is 0 Å². The average molecular weight is 239 g/mol. The molecule has 82 valence electrons. The molecule has 1 unspecified atom stereocenters. The molecule has 0 aliphatic carbocycles. The first-order valence-electron chi connectivity index (χ1n) is 4.39. The standard InChI is InChI=1S/C9H15ClO3S/c1-4-14-9(10,7(2)11)5-6-13-8(3)12/h4-6H2,1-3H3. The molecule has 0 saturated heterocycles. The summed E-state index contributed by atoms with van der Waals surface area (Å²) in [6, 6.07) is 0. The summed E-state index contributed by atoms with van der Waals surface area (Å²) < 4.78 is 3.80. The Bertz CT molecular complexity index is 220. The number of carbonyl (C=O) groups excluding carboxylic acids is 2. The Labute approximate surface area is 93.5 Å². The number of hydrogen-bond donors (Lipinski definition) is 0. The van der Waals surface area contributed by atoms with Crippen LogP contribution < -0.4 is 0 Å². The summed E-state index contributed by atoms with van der Waals surface area (Å²) in [6.07, 6.45) is 0.349. The van der Waals surface area contributed by atoms with E-state index in [1.807, 2.05) is 6.92 Å². The maximum atomic E-state index is 11.2. The van der Waals surface area contributed by atoms with Gasteiger partial charge in [-0.2, -0.15) is 0 Å². The molecule has 0 aromatic heterocycles. The largest absolute Gasteiger partial charge is 0.466 e. The van der Waals surface area contributed by atoms with E-state index >= 15 is 0 Å². The Morgan fingerprint density at radius 3 is 2.36 bits per heavy atom. The SMILES string of the molecule is CCSC(Cl)(CCOC(C)=O)C(C)=O. The van der Waals surface area contributed by atoms with Crippen molar-refractivity contribution in [3.05, 3.63) is 0 Å². The van der Waals surface area contributed by atoms with Gasteiger partial charge in [-0.15, -0.1) is 11.8 Å². The molecule has 0 saturated carbocycles. The van der Waals surface area contributed by atoms with Crippen LogP contribution in [0.15, 0.2) is 0 Å². The van der Waals surface area contributed by atoms with Crippen LogP contribution in [-0.4, -0.2) is 28.3 Å². The van der Waals surface area contributed by atoms with E-state index in [9.17, 15) is 9.59 Å². The van der Waals surface area contributed by atoms with Crippen LogP contribution >= 0.6 is 23.4 Å². The molecule has 0 aliphatic rings. The zero-order valence-corrected chi connectivity index (χ0v) is 10.2. The summed E-state index contributed by atoms with van der Waals surface area (Å²) in [5, 5.41) is 0. The van der Waals surface area contributed by atoms with Crippen LogP contribution in [0.25, 0.3) is 0 Å². The van der Waals surface area contributed by atoms with Crippen LogP contribution in [0, 0.1) is 0 Å². The summed E-state index contributed by atoms with van der Waals surface area (Å²) in [5.74, 6) is 0.301. The number of esters is 1.